The number of piperidine rings is 1. The van der Waals surface area contributed by atoms with E-state index < -0.39 is 0 Å². The molecule has 1 aromatic carbocycles. The van der Waals surface area contributed by atoms with E-state index in [1.165, 1.54) is 6.42 Å². The standard InChI is InChI=1S/C21H31N3O3/c1-14-10-17(21(26)23-12-18(22)16-6-7-16)11-15(2)20(14)27-13-19(25)24-8-4-3-5-9-24/h10-11,16,18H,3-9,12-13,22H2,1-2H3,(H,23,26). The molecule has 1 heterocycles. The third-order valence-electron chi connectivity index (χ3n) is 5.50. The van der Waals surface area contributed by atoms with Crippen LogP contribution in [0.1, 0.15) is 53.6 Å². The first-order chi connectivity index (χ1) is 13.0. The second kappa shape index (κ2) is 8.74. The van der Waals surface area contributed by atoms with Crippen LogP contribution >= 0.6 is 0 Å². The number of carbonyl (C=O) groups excluding carboxylic acids is 2. The second-order valence-electron chi connectivity index (χ2n) is 7.88. The average molecular weight is 373 g/mol. The zero-order chi connectivity index (χ0) is 19.4. The Hall–Kier alpha value is -2.08. The van der Waals surface area contributed by atoms with Crippen LogP contribution in [0.15, 0.2) is 12.1 Å². The number of carbonyl (C=O) groups is 2. The lowest BCUT2D eigenvalue weighted by Crippen LogP contribution is -2.39. The SMILES string of the molecule is Cc1cc(C(=O)NCC(N)C2CC2)cc(C)c1OCC(=O)N1CCCCC1. The quantitative estimate of drug-likeness (QED) is 0.767. The summed E-state index contributed by atoms with van der Waals surface area (Å²) in [7, 11) is 0. The summed E-state index contributed by atoms with van der Waals surface area (Å²) in [5.41, 5.74) is 8.37. The van der Waals surface area contributed by atoms with E-state index in [1.54, 1.807) is 0 Å². The van der Waals surface area contributed by atoms with Gasteiger partial charge in [0, 0.05) is 31.2 Å². The number of ether oxygens (including phenoxy) is 1. The van der Waals surface area contributed by atoms with Crippen molar-refractivity contribution in [1.82, 2.24) is 10.2 Å². The van der Waals surface area contributed by atoms with Crippen molar-refractivity contribution in [2.45, 2.75) is 52.0 Å². The fourth-order valence-corrected chi connectivity index (χ4v) is 3.68. The number of aryl methyl sites for hydroxylation is 2. The Morgan fingerprint density at radius 2 is 1.81 bits per heavy atom. The van der Waals surface area contributed by atoms with Crippen molar-refractivity contribution in [1.29, 1.82) is 0 Å². The minimum Gasteiger partial charge on any atom is -0.483 e. The lowest BCUT2D eigenvalue weighted by atomic mass is 10.0. The molecule has 6 heteroatoms. The van der Waals surface area contributed by atoms with Gasteiger partial charge < -0.3 is 20.7 Å². The van der Waals surface area contributed by atoms with Gasteiger partial charge in [0.1, 0.15) is 5.75 Å². The molecule has 1 aliphatic carbocycles. The number of nitrogens with one attached hydrogen (secondary N) is 1. The molecule has 148 valence electrons. The first-order valence-electron chi connectivity index (χ1n) is 10.0. The van der Waals surface area contributed by atoms with Crippen LogP contribution < -0.4 is 15.8 Å². The van der Waals surface area contributed by atoms with Crippen molar-refractivity contribution in [3.05, 3.63) is 28.8 Å². The number of nitrogens with zero attached hydrogens (tertiary/aromatic N) is 1. The normalized spacial score (nSPS) is 18.1. The largest absolute Gasteiger partial charge is 0.483 e. The topological polar surface area (TPSA) is 84.7 Å². The molecule has 0 spiro atoms. The highest BCUT2D eigenvalue weighted by molar-refractivity contribution is 5.95. The van der Waals surface area contributed by atoms with Gasteiger partial charge in [-0.2, -0.15) is 0 Å². The smallest absolute Gasteiger partial charge is 0.260 e. The molecule has 1 atom stereocenters. The van der Waals surface area contributed by atoms with Crippen LogP contribution in [0.3, 0.4) is 0 Å². The van der Waals surface area contributed by atoms with Crippen molar-refractivity contribution in [3.8, 4) is 5.75 Å². The van der Waals surface area contributed by atoms with E-state index in [1.807, 2.05) is 30.9 Å². The molecule has 6 nitrogen and oxygen atoms in total. The monoisotopic (exact) mass is 373 g/mol. The van der Waals surface area contributed by atoms with E-state index >= 15 is 0 Å². The maximum Gasteiger partial charge on any atom is 0.260 e. The highest BCUT2D eigenvalue weighted by Gasteiger charge is 2.28. The minimum atomic E-state index is -0.117. The number of hydrogen-bond acceptors (Lipinski definition) is 4. The van der Waals surface area contributed by atoms with Crippen LogP contribution in [0.25, 0.3) is 0 Å². The molecule has 0 radical (unpaired) electrons. The minimum absolute atomic E-state index is 0.0318. The highest BCUT2D eigenvalue weighted by atomic mass is 16.5. The number of hydrogen-bond donors (Lipinski definition) is 2. The molecule has 1 aliphatic heterocycles. The predicted molar refractivity (Wildman–Crippen MR) is 105 cm³/mol. The Labute approximate surface area is 161 Å². The molecular formula is C21H31N3O3. The predicted octanol–water partition coefficient (Wildman–Crippen LogP) is 2.16. The van der Waals surface area contributed by atoms with Crippen LogP contribution in [-0.2, 0) is 4.79 Å². The zero-order valence-electron chi connectivity index (χ0n) is 16.4. The molecule has 2 aliphatic rings. The fourth-order valence-electron chi connectivity index (χ4n) is 3.68. The van der Waals surface area contributed by atoms with Crippen molar-refractivity contribution in [2.24, 2.45) is 11.7 Å². The summed E-state index contributed by atoms with van der Waals surface area (Å²) in [4.78, 5) is 26.6. The number of nitrogens with two attached hydrogens (primary N) is 1. The van der Waals surface area contributed by atoms with Gasteiger partial charge in [0.15, 0.2) is 6.61 Å². The second-order valence-corrected chi connectivity index (χ2v) is 7.88. The Morgan fingerprint density at radius 1 is 1.19 bits per heavy atom. The van der Waals surface area contributed by atoms with Gasteiger partial charge in [-0.15, -0.1) is 0 Å². The molecule has 3 rings (SSSR count). The molecule has 0 bridgehead atoms. The Morgan fingerprint density at radius 3 is 2.41 bits per heavy atom. The van der Waals surface area contributed by atoms with Gasteiger partial charge >= 0.3 is 0 Å². The van der Waals surface area contributed by atoms with Crippen LogP contribution in [-0.4, -0.2) is 49.0 Å². The molecule has 0 aromatic heterocycles. The summed E-state index contributed by atoms with van der Waals surface area (Å²) in [6, 6.07) is 3.66. The molecule has 1 saturated heterocycles. The van der Waals surface area contributed by atoms with E-state index in [2.05, 4.69) is 5.32 Å². The third-order valence-corrected chi connectivity index (χ3v) is 5.50. The summed E-state index contributed by atoms with van der Waals surface area (Å²) in [6.07, 6.45) is 5.66. The number of rotatable bonds is 7. The van der Waals surface area contributed by atoms with Gasteiger partial charge in [-0.05, 0) is 75.1 Å². The molecule has 1 unspecified atom stereocenters. The molecule has 3 N–H and O–H groups in total. The maximum absolute atomic E-state index is 12.4. The summed E-state index contributed by atoms with van der Waals surface area (Å²) in [6.45, 7) is 6.00. The van der Waals surface area contributed by atoms with Crippen molar-refractivity contribution < 1.29 is 14.3 Å². The van der Waals surface area contributed by atoms with Crippen LogP contribution in [0.2, 0.25) is 0 Å². The van der Waals surface area contributed by atoms with Crippen LogP contribution in [0.4, 0.5) is 0 Å². The average Bonchev–Trinajstić information content (AvgIpc) is 3.50. The van der Waals surface area contributed by atoms with Crippen LogP contribution in [0.5, 0.6) is 5.75 Å². The number of amides is 2. The van der Waals surface area contributed by atoms with Gasteiger partial charge in [0.05, 0.1) is 0 Å². The first-order valence-corrected chi connectivity index (χ1v) is 10.0. The van der Waals surface area contributed by atoms with Crippen molar-refractivity contribution in [3.63, 3.8) is 0 Å². The number of benzene rings is 1. The molecule has 1 saturated carbocycles. The molecule has 2 fully saturated rings. The van der Waals surface area contributed by atoms with Gasteiger partial charge in [-0.25, -0.2) is 0 Å². The number of likely N-dealkylation sites (tertiary alicyclic amines) is 1. The maximum atomic E-state index is 12.4. The van der Waals surface area contributed by atoms with Gasteiger partial charge in [0.2, 0.25) is 0 Å². The van der Waals surface area contributed by atoms with Gasteiger partial charge in [0.25, 0.3) is 11.8 Å². The van der Waals surface area contributed by atoms with E-state index in [0.717, 1.165) is 49.9 Å². The van der Waals surface area contributed by atoms with Crippen molar-refractivity contribution in [2.75, 3.05) is 26.2 Å². The first kappa shape index (κ1) is 19.7. The van der Waals surface area contributed by atoms with E-state index in [-0.39, 0.29) is 24.5 Å². The third kappa shape index (κ3) is 5.22. The zero-order valence-corrected chi connectivity index (χ0v) is 16.4. The molecule has 1 aromatic rings. The summed E-state index contributed by atoms with van der Waals surface area (Å²) in [5, 5.41) is 2.92. The Kier molecular flexibility index (Phi) is 6.37. The molecule has 2 amide bonds. The van der Waals surface area contributed by atoms with E-state index in [4.69, 9.17) is 10.5 Å². The lowest BCUT2D eigenvalue weighted by molar-refractivity contribution is -0.134. The summed E-state index contributed by atoms with van der Waals surface area (Å²) >= 11 is 0. The summed E-state index contributed by atoms with van der Waals surface area (Å²) < 4.78 is 5.81. The van der Waals surface area contributed by atoms with Gasteiger partial charge in [-0.1, -0.05) is 0 Å². The Bertz CT molecular complexity index is 671. The van der Waals surface area contributed by atoms with Crippen molar-refractivity contribution >= 4 is 11.8 Å². The van der Waals surface area contributed by atoms with Crippen LogP contribution in [0, 0.1) is 19.8 Å². The summed E-state index contributed by atoms with van der Waals surface area (Å²) in [5.74, 6) is 1.16. The lowest BCUT2D eigenvalue weighted by Gasteiger charge is -2.26. The molecular weight excluding hydrogens is 342 g/mol. The van der Waals surface area contributed by atoms with Gasteiger partial charge in [-0.3, -0.25) is 9.59 Å². The molecule has 27 heavy (non-hydrogen) atoms. The Balaban J connectivity index is 1.56. The fraction of sp³-hybridized carbons (Fsp3) is 0.619. The highest BCUT2D eigenvalue weighted by Crippen LogP contribution is 2.31. The van der Waals surface area contributed by atoms with E-state index in [9.17, 15) is 9.59 Å². The van der Waals surface area contributed by atoms with E-state index in [0.29, 0.717) is 23.8 Å².